The number of ether oxygens (including phenoxy) is 1. The Morgan fingerprint density at radius 3 is 2.96 bits per heavy atom. The molecule has 1 heterocycles. The Kier molecular flexibility index (Phi) is 5.63. The monoisotopic (exact) mass is 344 g/mol. The summed E-state index contributed by atoms with van der Waals surface area (Å²) in [6.45, 7) is 2.21. The van der Waals surface area contributed by atoms with E-state index in [-0.39, 0.29) is 11.2 Å². The van der Waals surface area contributed by atoms with E-state index >= 15 is 0 Å². The highest BCUT2D eigenvalue weighted by Crippen LogP contribution is 2.34. The number of para-hydroxylation sites is 1. The fraction of sp³-hybridized carbons (Fsp3) is 0.412. The number of hydrogen-bond acceptors (Lipinski definition) is 6. The number of carbonyl (C=O) groups is 1. The van der Waals surface area contributed by atoms with E-state index in [4.69, 9.17) is 4.74 Å². The lowest BCUT2D eigenvalue weighted by Gasteiger charge is -2.16. The van der Waals surface area contributed by atoms with E-state index < -0.39 is 0 Å². The number of carbonyl (C=O) groups excluding carboxylic acids is 1. The lowest BCUT2D eigenvalue weighted by atomic mass is 10.1. The van der Waals surface area contributed by atoms with Gasteiger partial charge in [0.2, 0.25) is 5.16 Å². The minimum Gasteiger partial charge on any atom is -0.463 e. The van der Waals surface area contributed by atoms with Crippen LogP contribution in [0.1, 0.15) is 32.6 Å². The fourth-order valence-electron chi connectivity index (χ4n) is 2.68. The Morgan fingerprint density at radius 1 is 1.33 bits per heavy atom. The summed E-state index contributed by atoms with van der Waals surface area (Å²) in [7, 11) is 0. The minimum atomic E-state index is -0.226. The SMILES string of the molecule is CCOC(=O)C1=CCCCC[C@H]1Sc1nnnn1-c1ccccc1. The molecule has 0 saturated carbocycles. The van der Waals surface area contributed by atoms with Crippen LogP contribution in [0.4, 0.5) is 0 Å². The molecule has 1 aromatic carbocycles. The molecule has 0 amide bonds. The number of aromatic nitrogens is 4. The maximum absolute atomic E-state index is 12.3. The van der Waals surface area contributed by atoms with Crippen molar-refractivity contribution < 1.29 is 9.53 Å². The zero-order valence-electron chi connectivity index (χ0n) is 13.6. The molecule has 0 fully saturated rings. The maximum atomic E-state index is 12.3. The molecule has 1 atom stereocenters. The molecule has 0 bridgehead atoms. The molecule has 1 aliphatic carbocycles. The molecule has 126 valence electrons. The van der Waals surface area contributed by atoms with Crippen molar-refractivity contribution in [3.63, 3.8) is 0 Å². The van der Waals surface area contributed by atoms with E-state index in [1.807, 2.05) is 43.3 Å². The smallest absolute Gasteiger partial charge is 0.334 e. The molecule has 1 aromatic heterocycles. The normalized spacial score (nSPS) is 17.9. The van der Waals surface area contributed by atoms with Crippen LogP contribution < -0.4 is 0 Å². The number of nitrogens with zero attached hydrogens (tertiary/aromatic N) is 4. The zero-order valence-corrected chi connectivity index (χ0v) is 14.4. The number of tetrazole rings is 1. The summed E-state index contributed by atoms with van der Waals surface area (Å²) in [5.74, 6) is -0.226. The fourth-order valence-corrected chi connectivity index (χ4v) is 3.86. The van der Waals surface area contributed by atoms with Crippen molar-refractivity contribution in [1.29, 1.82) is 0 Å². The maximum Gasteiger partial charge on any atom is 0.334 e. The molecule has 1 aliphatic rings. The quantitative estimate of drug-likeness (QED) is 0.776. The highest BCUT2D eigenvalue weighted by Gasteiger charge is 2.26. The van der Waals surface area contributed by atoms with Crippen LogP contribution >= 0.6 is 11.8 Å². The largest absolute Gasteiger partial charge is 0.463 e. The van der Waals surface area contributed by atoms with E-state index in [0.717, 1.165) is 36.9 Å². The summed E-state index contributed by atoms with van der Waals surface area (Å²) >= 11 is 1.53. The van der Waals surface area contributed by atoms with Crippen LogP contribution in [0.15, 0.2) is 47.1 Å². The average molecular weight is 344 g/mol. The Bertz CT molecular complexity index is 714. The van der Waals surface area contributed by atoms with Gasteiger partial charge in [0.05, 0.1) is 12.3 Å². The summed E-state index contributed by atoms with van der Waals surface area (Å²) < 4.78 is 6.93. The molecule has 7 heteroatoms. The Morgan fingerprint density at radius 2 is 2.17 bits per heavy atom. The van der Waals surface area contributed by atoms with Gasteiger partial charge in [-0.15, -0.1) is 5.10 Å². The van der Waals surface area contributed by atoms with E-state index in [2.05, 4.69) is 15.5 Å². The predicted molar refractivity (Wildman–Crippen MR) is 92.0 cm³/mol. The molecule has 0 spiro atoms. The topological polar surface area (TPSA) is 69.9 Å². The molecule has 2 aromatic rings. The van der Waals surface area contributed by atoms with Gasteiger partial charge in [-0.2, -0.15) is 4.68 Å². The molecule has 0 saturated heterocycles. The van der Waals surface area contributed by atoms with Gasteiger partial charge in [-0.1, -0.05) is 42.5 Å². The number of allylic oxidation sites excluding steroid dienone is 1. The third kappa shape index (κ3) is 3.84. The summed E-state index contributed by atoms with van der Waals surface area (Å²) in [4.78, 5) is 12.3. The molecule has 6 nitrogen and oxygen atoms in total. The van der Waals surface area contributed by atoms with Gasteiger partial charge in [-0.05, 0) is 48.7 Å². The van der Waals surface area contributed by atoms with E-state index in [1.165, 1.54) is 11.8 Å². The Hall–Kier alpha value is -2.15. The van der Waals surface area contributed by atoms with Gasteiger partial charge >= 0.3 is 5.97 Å². The number of esters is 1. The minimum absolute atomic E-state index is 0.0139. The van der Waals surface area contributed by atoms with Crippen LogP contribution in [0.2, 0.25) is 0 Å². The van der Waals surface area contributed by atoms with Crippen LogP contribution in [-0.2, 0) is 9.53 Å². The summed E-state index contributed by atoms with van der Waals surface area (Å²) in [6.07, 6.45) is 6.00. The Labute approximate surface area is 145 Å². The summed E-state index contributed by atoms with van der Waals surface area (Å²) in [6, 6.07) is 9.75. The first-order valence-electron chi connectivity index (χ1n) is 8.17. The first kappa shape index (κ1) is 16.7. The van der Waals surface area contributed by atoms with Gasteiger partial charge in [0.1, 0.15) is 0 Å². The molecule has 0 aliphatic heterocycles. The van der Waals surface area contributed by atoms with Gasteiger partial charge in [-0.3, -0.25) is 0 Å². The van der Waals surface area contributed by atoms with Crippen molar-refractivity contribution in [3.8, 4) is 5.69 Å². The molecular weight excluding hydrogens is 324 g/mol. The predicted octanol–water partition coefficient (Wildman–Crippen LogP) is 3.19. The van der Waals surface area contributed by atoms with Gasteiger partial charge in [0.15, 0.2) is 0 Å². The molecule has 24 heavy (non-hydrogen) atoms. The number of thioether (sulfide) groups is 1. The Balaban J connectivity index is 1.84. The highest BCUT2D eigenvalue weighted by atomic mass is 32.2. The molecule has 0 unspecified atom stereocenters. The van der Waals surface area contributed by atoms with Crippen molar-refractivity contribution >= 4 is 17.7 Å². The zero-order chi connectivity index (χ0) is 16.8. The highest BCUT2D eigenvalue weighted by molar-refractivity contribution is 8.00. The van der Waals surface area contributed by atoms with Crippen LogP contribution in [-0.4, -0.2) is 38.0 Å². The number of rotatable bonds is 5. The van der Waals surface area contributed by atoms with E-state index in [0.29, 0.717) is 11.8 Å². The summed E-state index contributed by atoms with van der Waals surface area (Å²) in [5, 5.41) is 12.7. The second-order valence-electron chi connectivity index (χ2n) is 5.48. The van der Waals surface area contributed by atoms with Crippen molar-refractivity contribution in [1.82, 2.24) is 20.2 Å². The van der Waals surface area contributed by atoms with Crippen molar-refractivity contribution in [2.24, 2.45) is 0 Å². The van der Waals surface area contributed by atoms with Crippen molar-refractivity contribution in [3.05, 3.63) is 42.0 Å². The third-order valence-electron chi connectivity index (χ3n) is 3.83. The van der Waals surface area contributed by atoms with Crippen LogP contribution in [0.3, 0.4) is 0 Å². The molecule has 3 rings (SSSR count). The second kappa shape index (κ2) is 8.10. The lowest BCUT2D eigenvalue weighted by Crippen LogP contribution is -2.18. The first-order chi connectivity index (χ1) is 11.8. The van der Waals surface area contributed by atoms with Crippen LogP contribution in [0.5, 0.6) is 0 Å². The van der Waals surface area contributed by atoms with Gasteiger partial charge in [0, 0.05) is 10.8 Å². The molecule has 0 radical (unpaired) electrons. The number of benzene rings is 1. The second-order valence-corrected chi connectivity index (χ2v) is 6.65. The van der Waals surface area contributed by atoms with Gasteiger partial charge in [0.25, 0.3) is 0 Å². The van der Waals surface area contributed by atoms with Gasteiger partial charge in [-0.25, -0.2) is 4.79 Å². The summed E-state index contributed by atoms with van der Waals surface area (Å²) in [5.41, 5.74) is 1.64. The van der Waals surface area contributed by atoms with E-state index in [1.54, 1.807) is 4.68 Å². The lowest BCUT2D eigenvalue weighted by molar-refractivity contribution is -0.138. The number of hydrogen-bond donors (Lipinski definition) is 0. The van der Waals surface area contributed by atoms with Crippen molar-refractivity contribution in [2.45, 2.75) is 43.0 Å². The van der Waals surface area contributed by atoms with Gasteiger partial charge < -0.3 is 4.74 Å². The molecular formula is C17H20N4O2S. The first-order valence-corrected chi connectivity index (χ1v) is 9.05. The van der Waals surface area contributed by atoms with E-state index in [9.17, 15) is 4.79 Å². The average Bonchev–Trinajstić information content (AvgIpc) is 2.93. The standard InChI is InChI=1S/C17H20N4O2S/c1-2-23-16(22)14-11-7-4-8-12-15(14)24-17-18-19-20-21(17)13-9-5-3-6-10-13/h3,5-6,9-11,15H,2,4,7-8,12H2,1H3/t15-/m1/s1. The van der Waals surface area contributed by atoms with Crippen LogP contribution in [0, 0.1) is 0 Å². The molecule has 0 N–H and O–H groups in total. The third-order valence-corrected chi connectivity index (χ3v) is 5.07. The van der Waals surface area contributed by atoms with Crippen LogP contribution in [0.25, 0.3) is 5.69 Å². The van der Waals surface area contributed by atoms with Crippen molar-refractivity contribution in [2.75, 3.05) is 6.61 Å².